The van der Waals surface area contributed by atoms with Crippen LogP contribution in [0, 0.1) is 5.92 Å². The van der Waals surface area contributed by atoms with Gasteiger partial charge in [0.1, 0.15) is 0 Å². The summed E-state index contributed by atoms with van der Waals surface area (Å²) in [4.78, 5) is 6.43. The van der Waals surface area contributed by atoms with E-state index < -0.39 is 10.0 Å². The fourth-order valence-corrected chi connectivity index (χ4v) is 4.00. The summed E-state index contributed by atoms with van der Waals surface area (Å²) in [6.07, 6.45) is 6.80. The standard InChI is InChI=1S/C11H20N4O2S/c1-15(10-5-3-2-4-9(10)6-12)18(16,17)11-7-13-8-14-11/h7-10H,2-6,12H2,1H3,(H,13,14). The van der Waals surface area contributed by atoms with Crippen molar-refractivity contribution in [1.82, 2.24) is 14.3 Å². The Kier molecular flexibility index (Phi) is 4.04. The summed E-state index contributed by atoms with van der Waals surface area (Å²) in [7, 11) is -1.84. The largest absolute Gasteiger partial charge is 0.335 e. The van der Waals surface area contributed by atoms with Crippen molar-refractivity contribution < 1.29 is 8.42 Å². The summed E-state index contributed by atoms with van der Waals surface area (Å²) in [6, 6.07) is -0.00273. The number of H-pyrrole nitrogens is 1. The molecule has 18 heavy (non-hydrogen) atoms. The van der Waals surface area contributed by atoms with Gasteiger partial charge < -0.3 is 10.7 Å². The molecule has 1 aromatic rings. The van der Waals surface area contributed by atoms with Crippen LogP contribution < -0.4 is 5.73 Å². The van der Waals surface area contributed by atoms with Gasteiger partial charge in [0.2, 0.25) is 0 Å². The molecule has 3 N–H and O–H groups in total. The minimum Gasteiger partial charge on any atom is -0.335 e. The summed E-state index contributed by atoms with van der Waals surface area (Å²) in [5.74, 6) is 0.251. The number of nitrogens with two attached hydrogens (primary N) is 1. The van der Waals surface area contributed by atoms with Crippen LogP contribution in [-0.4, -0.2) is 42.3 Å². The maximum atomic E-state index is 12.4. The van der Waals surface area contributed by atoms with Gasteiger partial charge in [-0.05, 0) is 25.3 Å². The van der Waals surface area contributed by atoms with Gasteiger partial charge in [-0.25, -0.2) is 13.4 Å². The van der Waals surface area contributed by atoms with Crippen LogP contribution in [0.5, 0.6) is 0 Å². The van der Waals surface area contributed by atoms with Gasteiger partial charge in [0.25, 0.3) is 10.0 Å². The van der Waals surface area contributed by atoms with Gasteiger partial charge in [0.05, 0.1) is 12.5 Å². The van der Waals surface area contributed by atoms with E-state index in [-0.39, 0.29) is 17.0 Å². The SMILES string of the molecule is CN(C1CCCCC1CN)S(=O)(=O)c1cnc[nH]1. The number of imidazole rings is 1. The van der Waals surface area contributed by atoms with E-state index in [1.165, 1.54) is 16.8 Å². The van der Waals surface area contributed by atoms with Crippen LogP contribution in [0.4, 0.5) is 0 Å². The molecule has 0 radical (unpaired) electrons. The van der Waals surface area contributed by atoms with Crippen LogP contribution in [0.3, 0.4) is 0 Å². The number of aromatic amines is 1. The molecule has 0 bridgehead atoms. The van der Waals surface area contributed by atoms with Crippen LogP contribution in [0.2, 0.25) is 0 Å². The second-order valence-corrected chi connectivity index (χ2v) is 6.75. The first kappa shape index (κ1) is 13.5. The first-order valence-corrected chi connectivity index (χ1v) is 7.68. The second kappa shape index (κ2) is 5.38. The molecule has 2 unspecified atom stereocenters. The third kappa shape index (κ3) is 2.43. The van der Waals surface area contributed by atoms with Crippen molar-refractivity contribution in [1.29, 1.82) is 0 Å². The molecule has 0 spiro atoms. The van der Waals surface area contributed by atoms with Gasteiger partial charge in [0, 0.05) is 13.1 Å². The van der Waals surface area contributed by atoms with Gasteiger partial charge in [-0.1, -0.05) is 12.8 Å². The third-order valence-corrected chi connectivity index (χ3v) is 5.58. The van der Waals surface area contributed by atoms with Crippen molar-refractivity contribution in [2.75, 3.05) is 13.6 Å². The molecule has 1 aromatic heterocycles. The Morgan fingerprint density at radius 3 is 2.83 bits per heavy atom. The maximum absolute atomic E-state index is 12.4. The van der Waals surface area contributed by atoms with E-state index in [9.17, 15) is 8.42 Å². The van der Waals surface area contributed by atoms with Crippen molar-refractivity contribution in [2.45, 2.75) is 36.8 Å². The van der Waals surface area contributed by atoms with Crippen LogP contribution in [-0.2, 0) is 10.0 Å². The lowest BCUT2D eigenvalue weighted by Gasteiger charge is -2.36. The molecule has 2 rings (SSSR count). The molecule has 0 saturated heterocycles. The molecule has 6 nitrogen and oxygen atoms in total. The summed E-state index contributed by atoms with van der Waals surface area (Å²) in [5.41, 5.74) is 5.75. The van der Waals surface area contributed by atoms with E-state index in [1.807, 2.05) is 0 Å². The van der Waals surface area contributed by atoms with Crippen molar-refractivity contribution >= 4 is 10.0 Å². The summed E-state index contributed by atoms with van der Waals surface area (Å²) in [5, 5.41) is 0.145. The summed E-state index contributed by atoms with van der Waals surface area (Å²) >= 11 is 0. The topological polar surface area (TPSA) is 92.1 Å². The number of nitrogens with one attached hydrogen (secondary N) is 1. The quantitative estimate of drug-likeness (QED) is 0.837. The van der Waals surface area contributed by atoms with Gasteiger partial charge in [-0.15, -0.1) is 0 Å². The van der Waals surface area contributed by atoms with Gasteiger partial charge in [-0.2, -0.15) is 4.31 Å². The van der Waals surface area contributed by atoms with Crippen LogP contribution in [0.15, 0.2) is 17.6 Å². The zero-order valence-electron chi connectivity index (χ0n) is 10.5. The number of hydrogen-bond acceptors (Lipinski definition) is 4. The minimum atomic E-state index is -3.48. The fourth-order valence-electron chi connectivity index (χ4n) is 2.66. The summed E-state index contributed by atoms with van der Waals surface area (Å²) in [6.45, 7) is 0.535. The molecular formula is C11H20N4O2S. The van der Waals surface area contributed by atoms with Crippen molar-refractivity contribution in [3.63, 3.8) is 0 Å². The van der Waals surface area contributed by atoms with Crippen molar-refractivity contribution in [3.05, 3.63) is 12.5 Å². The average Bonchev–Trinajstić information content (AvgIpc) is 2.92. The van der Waals surface area contributed by atoms with E-state index in [4.69, 9.17) is 5.73 Å². The highest BCUT2D eigenvalue weighted by atomic mass is 32.2. The Morgan fingerprint density at radius 1 is 1.50 bits per heavy atom. The van der Waals surface area contributed by atoms with E-state index in [1.54, 1.807) is 7.05 Å². The molecule has 0 aliphatic heterocycles. The highest BCUT2D eigenvalue weighted by molar-refractivity contribution is 7.89. The minimum absolute atomic E-state index is 0.00273. The zero-order chi connectivity index (χ0) is 13.2. The van der Waals surface area contributed by atoms with E-state index >= 15 is 0 Å². The van der Waals surface area contributed by atoms with E-state index in [0.29, 0.717) is 6.54 Å². The molecule has 1 saturated carbocycles. The highest BCUT2D eigenvalue weighted by Crippen LogP contribution is 2.29. The third-order valence-electron chi connectivity index (χ3n) is 3.77. The Morgan fingerprint density at radius 2 is 2.22 bits per heavy atom. The van der Waals surface area contributed by atoms with Crippen LogP contribution in [0.1, 0.15) is 25.7 Å². The fraction of sp³-hybridized carbons (Fsp3) is 0.727. The van der Waals surface area contributed by atoms with Gasteiger partial charge in [0.15, 0.2) is 5.03 Å². The molecule has 7 heteroatoms. The molecule has 0 aromatic carbocycles. The van der Waals surface area contributed by atoms with Crippen molar-refractivity contribution in [3.8, 4) is 0 Å². The lowest BCUT2D eigenvalue weighted by Crippen LogP contribution is -2.45. The maximum Gasteiger partial charge on any atom is 0.260 e. The van der Waals surface area contributed by atoms with E-state index in [0.717, 1.165) is 25.7 Å². The molecule has 0 amide bonds. The number of nitrogens with zero attached hydrogens (tertiary/aromatic N) is 2. The highest BCUT2D eigenvalue weighted by Gasteiger charge is 2.34. The zero-order valence-corrected chi connectivity index (χ0v) is 11.4. The predicted octanol–water partition coefficient (Wildman–Crippen LogP) is 0.548. The van der Waals surface area contributed by atoms with E-state index in [2.05, 4.69) is 9.97 Å². The second-order valence-electron chi connectivity index (χ2n) is 4.78. The first-order valence-electron chi connectivity index (χ1n) is 6.24. The van der Waals surface area contributed by atoms with Crippen LogP contribution in [0.25, 0.3) is 0 Å². The average molecular weight is 272 g/mol. The van der Waals surface area contributed by atoms with Gasteiger partial charge >= 0.3 is 0 Å². The molecule has 102 valence electrons. The normalized spacial score (nSPS) is 25.5. The number of rotatable bonds is 4. The number of hydrogen-bond donors (Lipinski definition) is 2. The van der Waals surface area contributed by atoms with Gasteiger partial charge in [-0.3, -0.25) is 0 Å². The molecule has 1 heterocycles. The lowest BCUT2D eigenvalue weighted by atomic mass is 9.85. The van der Waals surface area contributed by atoms with Crippen LogP contribution >= 0.6 is 0 Å². The monoisotopic (exact) mass is 272 g/mol. The Bertz CT molecular complexity index is 471. The van der Waals surface area contributed by atoms with Crippen molar-refractivity contribution in [2.24, 2.45) is 11.7 Å². The number of aromatic nitrogens is 2. The molecular weight excluding hydrogens is 252 g/mol. The Hall–Kier alpha value is -0.920. The molecule has 2 atom stereocenters. The lowest BCUT2D eigenvalue weighted by molar-refractivity contribution is 0.204. The molecule has 1 fully saturated rings. The Balaban J connectivity index is 2.22. The smallest absolute Gasteiger partial charge is 0.260 e. The predicted molar refractivity (Wildman–Crippen MR) is 68.3 cm³/mol. The number of sulfonamides is 1. The Labute approximate surface area is 108 Å². The summed E-state index contributed by atoms with van der Waals surface area (Å²) < 4.78 is 26.2. The molecule has 1 aliphatic rings. The molecule has 1 aliphatic carbocycles. The first-order chi connectivity index (χ1) is 8.57.